The van der Waals surface area contributed by atoms with Gasteiger partial charge in [-0.05, 0) is 110 Å². The molecule has 0 aromatic carbocycles. The standard InChI is InChI=1S/C14H34N4.C7H19N3/c15-9-7-13-17-11-5-3-1-2-4-6-12-18-14-8-10-16;8-4-1-2-6-10-7-3-5-9/h17-18H,1-16H2;10H,1-9H2. The van der Waals surface area contributed by atoms with Crippen LogP contribution in [0.1, 0.15) is 70.6 Å². The molecule has 0 aromatic heterocycles. The molecule has 7 nitrogen and oxygen atoms in total. The van der Waals surface area contributed by atoms with Gasteiger partial charge in [0, 0.05) is 0 Å². The lowest BCUT2D eigenvalue weighted by atomic mass is 10.1. The second-order valence-electron chi connectivity index (χ2n) is 7.29. The number of unbranched alkanes of at least 4 members (excludes halogenated alkanes) is 6. The first-order chi connectivity index (χ1) is 13.8. The van der Waals surface area contributed by atoms with Gasteiger partial charge in [0.2, 0.25) is 0 Å². The minimum atomic E-state index is 0.782. The van der Waals surface area contributed by atoms with Gasteiger partial charge in [-0.3, -0.25) is 0 Å². The van der Waals surface area contributed by atoms with E-state index >= 15 is 0 Å². The molecule has 28 heavy (non-hydrogen) atoms. The van der Waals surface area contributed by atoms with E-state index < -0.39 is 0 Å². The van der Waals surface area contributed by atoms with Gasteiger partial charge in [0.25, 0.3) is 0 Å². The Morgan fingerprint density at radius 3 is 0.857 bits per heavy atom. The van der Waals surface area contributed by atoms with Crippen molar-refractivity contribution in [2.75, 3.05) is 65.4 Å². The van der Waals surface area contributed by atoms with Gasteiger partial charge >= 0.3 is 0 Å². The smallest absolute Gasteiger partial charge is 0.00369 e. The van der Waals surface area contributed by atoms with Gasteiger partial charge < -0.3 is 38.9 Å². The van der Waals surface area contributed by atoms with Gasteiger partial charge in [-0.1, -0.05) is 25.7 Å². The summed E-state index contributed by atoms with van der Waals surface area (Å²) in [5, 5.41) is 10.1. The molecule has 0 aliphatic carbocycles. The Bertz CT molecular complexity index is 219. The molecule has 0 atom stereocenters. The molecule has 0 aliphatic rings. The number of nitrogens with two attached hydrogens (primary N) is 4. The van der Waals surface area contributed by atoms with Gasteiger partial charge in [-0.15, -0.1) is 0 Å². The Kier molecular flexibility index (Phi) is 33.6. The van der Waals surface area contributed by atoms with Crippen LogP contribution in [0, 0.1) is 0 Å². The van der Waals surface area contributed by atoms with Crippen molar-refractivity contribution in [1.29, 1.82) is 0 Å². The molecule has 0 aliphatic heterocycles. The molecular weight excluding hydrogens is 350 g/mol. The molecule has 0 saturated heterocycles. The number of nitrogens with one attached hydrogen (secondary N) is 3. The quantitative estimate of drug-likeness (QED) is 0.133. The minimum Gasteiger partial charge on any atom is -0.330 e. The summed E-state index contributed by atoms with van der Waals surface area (Å²) in [5.41, 5.74) is 21.5. The Balaban J connectivity index is 0. The third-order valence-corrected chi connectivity index (χ3v) is 4.44. The van der Waals surface area contributed by atoms with Crippen LogP contribution >= 0.6 is 0 Å². The first kappa shape index (κ1) is 29.9. The van der Waals surface area contributed by atoms with Crippen LogP contribution in [0.3, 0.4) is 0 Å². The SMILES string of the molecule is NCCCCNCCCN.NCCCNCCCCCCCCNCCCN. The third-order valence-electron chi connectivity index (χ3n) is 4.44. The number of hydrogen-bond acceptors (Lipinski definition) is 7. The average Bonchev–Trinajstić information content (AvgIpc) is 2.71. The highest BCUT2D eigenvalue weighted by Crippen LogP contribution is 2.04. The lowest BCUT2D eigenvalue weighted by Crippen LogP contribution is -2.19. The second-order valence-corrected chi connectivity index (χ2v) is 7.29. The lowest BCUT2D eigenvalue weighted by molar-refractivity contribution is 0.545. The molecule has 0 bridgehead atoms. The minimum absolute atomic E-state index is 0.782. The van der Waals surface area contributed by atoms with E-state index in [0.29, 0.717) is 0 Å². The molecule has 0 aromatic rings. The summed E-state index contributed by atoms with van der Waals surface area (Å²) in [6, 6.07) is 0. The van der Waals surface area contributed by atoms with Gasteiger partial charge in [-0.2, -0.15) is 0 Å². The summed E-state index contributed by atoms with van der Waals surface area (Å²) in [7, 11) is 0. The fourth-order valence-corrected chi connectivity index (χ4v) is 2.66. The van der Waals surface area contributed by atoms with Crippen LogP contribution in [0.15, 0.2) is 0 Å². The van der Waals surface area contributed by atoms with Crippen molar-refractivity contribution in [1.82, 2.24) is 16.0 Å². The summed E-state index contributed by atoms with van der Waals surface area (Å²) in [6.45, 7) is 9.76. The topological polar surface area (TPSA) is 140 Å². The van der Waals surface area contributed by atoms with E-state index in [4.69, 9.17) is 22.9 Å². The summed E-state index contributed by atoms with van der Waals surface area (Å²) in [4.78, 5) is 0. The van der Waals surface area contributed by atoms with Gasteiger partial charge in [0.15, 0.2) is 0 Å². The fraction of sp³-hybridized carbons (Fsp3) is 1.00. The monoisotopic (exact) mass is 403 g/mol. The molecule has 0 spiro atoms. The molecule has 0 saturated carbocycles. The van der Waals surface area contributed by atoms with E-state index in [0.717, 1.165) is 91.1 Å². The molecule has 7 heteroatoms. The summed E-state index contributed by atoms with van der Waals surface area (Å²) in [5.74, 6) is 0. The summed E-state index contributed by atoms with van der Waals surface area (Å²) >= 11 is 0. The first-order valence-corrected chi connectivity index (χ1v) is 11.8. The van der Waals surface area contributed by atoms with E-state index in [1.807, 2.05) is 0 Å². The second kappa shape index (κ2) is 31.4. The van der Waals surface area contributed by atoms with E-state index in [9.17, 15) is 0 Å². The number of hydrogen-bond donors (Lipinski definition) is 7. The average molecular weight is 404 g/mol. The van der Waals surface area contributed by atoms with E-state index in [2.05, 4.69) is 16.0 Å². The Hall–Kier alpha value is -0.280. The van der Waals surface area contributed by atoms with Crippen molar-refractivity contribution in [2.45, 2.75) is 70.6 Å². The highest BCUT2D eigenvalue weighted by Gasteiger charge is 1.92. The zero-order chi connectivity index (χ0) is 21.0. The van der Waals surface area contributed by atoms with Crippen molar-refractivity contribution in [3.63, 3.8) is 0 Å². The van der Waals surface area contributed by atoms with Crippen LogP contribution in [0.5, 0.6) is 0 Å². The van der Waals surface area contributed by atoms with Crippen molar-refractivity contribution < 1.29 is 0 Å². The highest BCUT2D eigenvalue weighted by molar-refractivity contribution is 4.53. The largest absolute Gasteiger partial charge is 0.330 e. The van der Waals surface area contributed by atoms with Crippen molar-refractivity contribution in [2.24, 2.45) is 22.9 Å². The van der Waals surface area contributed by atoms with Crippen LogP contribution < -0.4 is 38.9 Å². The van der Waals surface area contributed by atoms with Crippen LogP contribution in [0.25, 0.3) is 0 Å². The molecule has 172 valence electrons. The number of rotatable bonds is 22. The maximum absolute atomic E-state index is 5.42. The molecule has 0 amide bonds. The molecule has 0 heterocycles. The zero-order valence-corrected chi connectivity index (χ0v) is 18.7. The maximum Gasteiger partial charge on any atom is -0.00369 e. The highest BCUT2D eigenvalue weighted by atomic mass is 14.9. The van der Waals surface area contributed by atoms with Gasteiger partial charge in [0.1, 0.15) is 0 Å². The summed E-state index contributed by atoms with van der Waals surface area (Å²) < 4.78 is 0. The normalized spacial score (nSPS) is 10.7. The molecule has 0 fully saturated rings. The van der Waals surface area contributed by atoms with Crippen LogP contribution in [-0.4, -0.2) is 65.4 Å². The van der Waals surface area contributed by atoms with Crippen LogP contribution in [0.2, 0.25) is 0 Å². The Morgan fingerprint density at radius 2 is 0.536 bits per heavy atom. The summed E-state index contributed by atoms with van der Waals surface area (Å²) in [6.07, 6.45) is 13.6. The van der Waals surface area contributed by atoms with Gasteiger partial charge in [-0.25, -0.2) is 0 Å². The Labute approximate surface area is 175 Å². The molecular formula is C21H53N7. The van der Waals surface area contributed by atoms with E-state index in [-0.39, 0.29) is 0 Å². The first-order valence-electron chi connectivity index (χ1n) is 11.8. The van der Waals surface area contributed by atoms with E-state index in [1.54, 1.807) is 0 Å². The predicted molar refractivity (Wildman–Crippen MR) is 126 cm³/mol. The molecule has 0 radical (unpaired) electrons. The van der Waals surface area contributed by atoms with E-state index in [1.165, 1.54) is 44.9 Å². The molecule has 0 unspecified atom stereocenters. The lowest BCUT2D eigenvalue weighted by Gasteiger charge is -2.05. The van der Waals surface area contributed by atoms with Crippen molar-refractivity contribution >= 4 is 0 Å². The van der Waals surface area contributed by atoms with Crippen molar-refractivity contribution in [3.05, 3.63) is 0 Å². The third kappa shape index (κ3) is 33.3. The van der Waals surface area contributed by atoms with Crippen LogP contribution in [0.4, 0.5) is 0 Å². The molecule has 11 N–H and O–H groups in total. The fourth-order valence-electron chi connectivity index (χ4n) is 2.66. The molecule has 0 rings (SSSR count). The van der Waals surface area contributed by atoms with Crippen molar-refractivity contribution in [3.8, 4) is 0 Å². The maximum atomic E-state index is 5.42. The zero-order valence-electron chi connectivity index (χ0n) is 18.7. The Morgan fingerprint density at radius 1 is 0.286 bits per heavy atom. The predicted octanol–water partition coefficient (Wildman–Crippen LogP) is 0.868. The van der Waals surface area contributed by atoms with Gasteiger partial charge in [0.05, 0.1) is 0 Å². The van der Waals surface area contributed by atoms with Crippen LogP contribution in [-0.2, 0) is 0 Å².